The topological polar surface area (TPSA) is 157 Å². The predicted octanol–water partition coefficient (Wildman–Crippen LogP) is 6.00. The normalized spacial score (nSPS) is 18.5. The molecule has 0 N–H and O–H groups in total. The first-order chi connectivity index (χ1) is 29.8. The van der Waals surface area contributed by atoms with Crippen molar-refractivity contribution in [2.75, 3.05) is 45.1 Å². The van der Waals surface area contributed by atoms with Gasteiger partial charge in [0.05, 0.1) is 44.1 Å². The molecule has 61 heavy (non-hydrogen) atoms. The number of rotatable bonds is 10. The van der Waals surface area contributed by atoms with Gasteiger partial charge in [0.25, 0.3) is 11.5 Å². The van der Waals surface area contributed by atoms with E-state index in [2.05, 4.69) is 21.5 Å². The van der Waals surface area contributed by atoms with E-state index in [1.54, 1.807) is 16.6 Å². The SMILES string of the molecule is CCOc1cc2c(cc1OC)C(c1ccc(C(=O)N3CCC(n4c(=O)c5sc(-c6ccc7c(c6)OCO7)cc5n(Cc5nnn(CC)n5)c4=O)CC3)cc1)=N[C@@H]1CCSC[C@H]21. The Balaban J connectivity index is 0.909. The molecule has 4 aliphatic heterocycles. The van der Waals surface area contributed by atoms with Crippen molar-refractivity contribution >= 4 is 44.9 Å². The fraction of sp³-hybridized carbons (Fsp3) is 0.386. The van der Waals surface area contributed by atoms with Crippen molar-refractivity contribution in [1.82, 2.24) is 34.2 Å². The maximum atomic E-state index is 14.4. The lowest BCUT2D eigenvalue weighted by Crippen LogP contribution is -2.46. The molecule has 0 aliphatic carbocycles. The summed E-state index contributed by atoms with van der Waals surface area (Å²) < 4.78 is 26.2. The number of amides is 1. The van der Waals surface area contributed by atoms with Crippen LogP contribution >= 0.6 is 23.1 Å². The molecule has 0 unspecified atom stereocenters. The van der Waals surface area contributed by atoms with Gasteiger partial charge in [-0.2, -0.15) is 16.6 Å². The van der Waals surface area contributed by atoms with Crippen LogP contribution < -0.4 is 30.2 Å². The molecule has 0 spiro atoms. The number of tetrazole rings is 1. The summed E-state index contributed by atoms with van der Waals surface area (Å²) in [5.74, 6) is 5.35. The summed E-state index contributed by atoms with van der Waals surface area (Å²) >= 11 is 3.29. The number of ether oxygens (including phenoxy) is 4. The van der Waals surface area contributed by atoms with Gasteiger partial charge in [0.15, 0.2) is 28.8 Å². The third-order valence-electron chi connectivity index (χ3n) is 12.0. The largest absolute Gasteiger partial charge is 0.493 e. The Morgan fingerprint density at radius 1 is 0.934 bits per heavy atom. The van der Waals surface area contributed by atoms with Gasteiger partial charge in [-0.15, -0.1) is 21.5 Å². The molecule has 2 saturated heterocycles. The Bertz CT molecular complexity index is 2820. The first-order valence-corrected chi connectivity index (χ1v) is 22.6. The summed E-state index contributed by atoms with van der Waals surface area (Å²) in [5, 5.41) is 12.7. The highest BCUT2D eigenvalue weighted by Crippen LogP contribution is 2.44. The number of aliphatic imine (C=N–C) groups is 1. The molecule has 0 radical (unpaired) electrons. The van der Waals surface area contributed by atoms with Crippen molar-refractivity contribution < 1.29 is 23.7 Å². The van der Waals surface area contributed by atoms with E-state index in [0.29, 0.717) is 83.9 Å². The highest BCUT2D eigenvalue weighted by molar-refractivity contribution is 7.99. The van der Waals surface area contributed by atoms with E-state index in [1.807, 2.05) is 80.2 Å². The summed E-state index contributed by atoms with van der Waals surface area (Å²) in [6.07, 6.45) is 1.88. The molecular weight excluding hydrogens is 817 g/mol. The third kappa shape index (κ3) is 7.06. The molecule has 10 rings (SSSR count). The predicted molar refractivity (Wildman–Crippen MR) is 233 cm³/mol. The van der Waals surface area contributed by atoms with Gasteiger partial charge in [-0.1, -0.05) is 12.1 Å². The molecule has 1 amide bonds. The van der Waals surface area contributed by atoms with E-state index in [9.17, 15) is 14.4 Å². The van der Waals surface area contributed by atoms with Gasteiger partial charge in [0, 0.05) is 52.4 Å². The Labute approximate surface area is 358 Å². The van der Waals surface area contributed by atoms with Gasteiger partial charge in [-0.05, 0) is 104 Å². The number of aromatic nitrogens is 6. The molecule has 4 aliphatic rings. The Kier molecular flexibility index (Phi) is 10.4. The second-order valence-electron chi connectivity index (χ2n) is 15.5. The van der Waals surface area contributed by atoms with Crippen molar-refractivity contribution in [2.45, 2.75) is 64.2 Å². The number of carbonyl (C=O) groups excluding carboxylic acids is 1. The molecule has 2 atom stereocenters. The number of benzene rings is 3. The molecule has 0 bridgehead atoms. The lowest BCUT2D eigenvalue weighted by Gasteiger charge is -2.35. The van der Waals surface area contributed by atoms with E-state index < -0.39 is 11.7 Å². The van der Waals surface area contributed by atoms with Crippen LogP contribution in [0.2, 0.25) is 0 Å². The number of likely N-dealkylation sites (tertiary alicyclic amines) is 1. The maximum absolute atomic E-state index is 14.4. The van der Waals surface area contributed by atoms with Gasteiger partial charge < -0.3 is 23.8 Å². The Hall–Kier alpha value is -5.94. The number of fused-ring (bicyclic) bond motifs is 5. The standard InChI is InChI=1S/C44H44N8O7S2/c1-4-51-47-39(46-48-51)22-50-33-21-38(27-10-11-34-36(18-27)59-24-58-34)61-41(33)43(54)52(44(50)55)28-12-15-49(16-13-28)42(53)26-8-6-25(7-9-26)40-30-20-35(56-3)37(57-5-2)19-29(30)31-23-60-17-14-32(31)45-40/h6-11,18-21,28,31-32H,4-5,12-17,22-24H2,1-3H3/t31-,32-/m1/s1. The second-order valence-corrected chi connectivity index (χ2v) is 17.7. The fourth-order valence-electron chi connectivity index (χ4n) is 8.89. The zero-order chi connectivity index (χ0) is 41.8. The monoisotopic (exact) mass is 860 g/mol. The minimum atomic E-state index is -0.446. The molecule has 7 heterocycles. The first kappa shape index (κ1) is 39.2. The van der Waals surface area contributed by atoms with Crippen LogP contribution in [-0.4, -0.2) is 97.0 Å². The number of piperidine rings is 1. The van der Waals surface area contributed by atoms with Crippen LogP contribution in [0.1, 0.15) is 77.9 Å². The molecule has 314 valence electrons. The second kappa shape index (κ2) is 16.2. The van der Waals surface area contributed by atoms with Gasteiger partial charge >= 0.3 is 5.69 Å². The number of carbonyl (C=O) groups is 1. The van der Waals surface area contributed by atoms with Crippen molar-refractivity contribution in [1.29, 1.82) is 0 Å². The highest BCUT2D eigenvalue weighted by atomic mass is 32.2. The lowest BCUT2D eigenvalue weighted by atomic mass is 9.81. The average Bonchev–Trinajstić information content (AvgIpc) is 4.08. The molecule has 3 aromatic carbocycles. The van der Waals surface area contributed by atoms with E-state index in [0.717, 1.165) is 51.0 Å². The van der Waals surface area contributed by atoms with Crippen LogP contribution in [-0.2, 0) is 13.1 Å². The van der Waals surface area contributed by atoms with Gasteiger partial charge in [-0.25, -0.2) is 4.79 Å². The number of thiophene rings is 1. The summed E-state index contributed by atoms with van der Waals surface area (Å²) in [4.78, 5) is 52.1. The minimum Gasteiger partial charge on any atom is -0.493 e. The van der Waals surface area contributed by atoms with E-state index in [1.165, 1.54) is 26.3 Å². The van der Waals surface area contributed by atoms with Crippen molar-refractivity contribution in [2.24, 2.45) is 4.99 Å². The third-order valence-corrected chi connectivity index (χ3v) is 14.3. The van der Waals surface area contributed by atoms with E-state index in [4.69, 9.17) is 23.9 Å². The van der Waals surface area contributed by atoms with Gasteiger partial charge in [0.2, 0.25) is 6.79 Å². The summed E-state index contributed by atoms with van der Waals surface area (Å²) in [6, 6.07) is 19.1. The molecule has 6 aromatic rings. The fourth-order valence-corrected chi connectivity index (χ4v) is 11.2. The van der Waals surface area contributed by atoms with Crippen LogP contribution in [0.4, 0.5) is 0 Å². The van der Waals surface area contributed by atoms with Gasteiger partial charge in [0.1, 0.15) is 4.70 Å². The molecular formula is C44H44N8O7S2. The van der Waals surface area contributed by atoms with Crippen LogP contribution in [0, 0.1) is 0 Å². The zero-order valence-electron chi connectivity index (χ0n) is 34.0. The summed E-state index contributed by atoms with van der Waals surface area (Å²) in [7, 11) is 1.65. The van der Waals surface area contributed by atoms with Crippen LogP contribution in [0.3, 0.4) is 0 Å². The number of nitrogens with zero attached hydrogens (tertiary/aromatic N) is 8. The molecule has 17 heteroatoms. The van der Waals surface area contributed by atoms with Crippen molar-refractivity contribution in [3.8, 4) is 33.4 Å². The number of methoxy groups -OCH3 is 1. The van der Waals surface area contributed by atoms with Crippen LogP contribution in [0.25, 0.3) is 20.7 Å². The summed E-state index contributed by atoms with van der Waals surface area (Å²) in [5.41, 5.74) is 5.22. The van der Waals surface area contributed by atoms with Crippen LogP contribution in [0.5, 0.6) is 23.0 Å². The lowest BCUT2D eigenvalue weighted by molar-refractivity contribution is 0.0691. The van der Waals surface area contributed by atoms with Crippen molar-refractivity contribution in [3.63, 3.8) is 0 Å². The number of hydrogen-bond donors (Lipinski definition) is 0. The number of hydrogen-bond acceptors (Lipinski definition) is 13. The first-order valence-electron chi connectivity index (χ1n) is 20.7. The quantitative estimate of drug-likeness (QED) is 0.159. The molecule has 0 saturated carbocycles. The van der Waals surface area contributed by atoms with E-state index in [-0.39, 0.29) is 30.8 Å². The van der Waals surface area contributed by atoms with Gasteiger partial charge in [-0.3, -0.25) is 23.7 Å². The maximum Gasteiger partial charge on any atom is 0.332 e. The Morgan fingerprint density at radius 2 is 1.74 bits per heavy atom. The number of aryl methyl sites for hydroxylation is 1. The summed E-state index contributed by atoms with van der Waals surface area (Å²) in [6.45, 7) is 5.92. The van der Waals surface area contributed by atoms with E-state index >= 15 is 0 Å². The zero-order valence-corrected chi connectivity index (χ0v) is 35.7. The smallest absolute Gasteiger partial charge is 0.332 e. The Morgan fingerprint density at radius 3 is 2.51 bits per heavy atom. The van der Waals surface area contributed by atoms with Crippen molar-refractivity contribution in [3.05, 3.63) is 110 Å². The van der Waals surface area contributed by atoms with Crippen LogP contribution in [0.15, 0.2) is 75.2 Å². The number of thioether (sulfide) groups is 1. The highest BCUT2D eigenvalue weighted by Gasteiger charge is 2.36. The molecule has 15 nitrogen and oxygen atoms in total. The average molecular weight is 861 g/mol. The molecule has 3 aromatic heterocycles. The minimum absolute atomic E-state index is 0.0421. The molecule has 2 fully saturated rings.